The zero-order chi connectivity index (χ0) is 28.3. The summed E-state index contributed by atoms with van der Waals surface area (Å²) in [6.07, 6.45) is 0. The Hall–Kier alpha value is -5.77. The molecule has 0 saturated heterocycles. The summed E-state index contributed by atoms with van der Waals surface area (Å²) >= 11 is 0. The summed E-state index contributed by atoms with van der Waals surface area (Å²) in [4.78, 5) is 35.9. The number of aromatic hydroxyl groups is 1. The van der Waals surface area contributed by atoms with Crippen molar-refractivity contribution in [2.24, 2.45) is 10.2 Å². The van der Waals surface area contributed by atoms with E-state index in [0.29, 0.717) is 44.9 Å². The number of fused-ring (bicyclic) bond motifs is 2. The van der Waals surface area contributed by atoms with Crippen LogP contribution in [0.1, 0.15) is 15.9 Å². The molecule has 10 nitrogen and oxygen atoms in total. The third kappa shape index (κ3) is 5.13. The lowest BCUT2D eigenvalue weighted by atomic mass is 10.0. The van der Waals surface area contributed by atoms with Gasteiger partial charge >= 0.3 is 5.91 Å². The number of carbonyl (C=O) groups excluding carboxylic acids is 2. The Labute approximate surface area is 233 Å². The van der Waals surface area contributed by atoms with E-state index in [2.05, 4.69) is 25.2 Å². The van der Waals surface area contributed by atoms with Gasteiger partial charge in [-0.1, -0.05) is 48.5 Å². The van der Waals surface area contributed by atoms with E-state index >= 15 is 0 Å². The molecule has 10 heteroatoms. The van der Waals surface area contributed by atoms with Crippen LogP contribution < -0.4 is 9.47 Å². The third-order valence-corrected chi connectivity index (χ3v) is 6.49. The minimum Gasteiger partial charge on any atom is -0.493 e. The average molecular weight is 546 g/mol. The first-order chi connectivity index (χ1) is 20.0. The van der Waals surface area contributed by atoms with Gasteiger partial charge in [-0.15, -0.1) is 10.2 Å². The van der Waals surface area contributed by atoms with Gasteiger partial charge in [0.15, 0.2) is 29.6 Å². The Bertz CT molecular complexity index is 1940. The SMILES string of the molecule is COc1cc(-c2nc3ccc(C(=O)c4ccccc4)cc3[nH]2)ccc1OCC(=O)N=Nc1c(O)[nH]c2ccccc12. The normalized spacial score (nSPS) is 11.3. The molecule has 41 heavy (non-hydrogen) atoms. The first-order valence-corrected chi connectivity index (χ1v) is 12.6. The van der Waals surface area contributed by atoms with Crippen molar-refractivity contribution in [2.75, 3.05) is 13.7 Å². The summed E-state index contributed by atoms with van der Waals surface area (Å²) in [5.41, 5.74) is 4.18. The van der Waals surface area contributed by atoms with Crippen molar-refractivity contribution in [1.82, 2.24) is 15.0 Å². The molecule has 1 amide bonds. The minimum absolute atomic E-state index is 0.0702. The van der Waals surface area contributed by atoms with Gasteiger partial charge < -0.3 is 24.5 Å². The van der Waals surface area contributed by atoms with Crippen LogP contribution >= 0.6 is 0 Å². The van der Waals surface area contributed by atoms with Gasteiger partial charge in [0.2, 0.25) is 5.88 Å². The van der Waals surface area contributed by atoms with Gasteiger partial charge in [0.25, 0.3) is 0 Å². The van der Waals surface area contributed by atoms with Gasteiger partial charge in [-0.05, 0) is 42.5 Å². The van der Waals surface area contributed by atoms with Gasteiger partial charge in [-0.3, -0.25) is 9.59 Å². The molecule has 2 aromatic heterocycles. The second-order valence-electron chi connectivity index (χ2n) is 9.13. The van der Waals surface area contributed by atoms with Gasteiger partial charge in [0.1, 0.15) is 5.82 Å². The summed E-state index contributed by atoms with van der Waals surface area (Å²) in [6, 6.07) is 26.8. The number of aromatic amines is 2. The number of imidazole rings is 1. The monoisotopic (exact) mass is 545 g/mol. The third-order valence-electron chi connectivity index (χ3n) is 6.49. The van der Waals surface area contributed by atoms with Crippen LogP contribution in [0.3, 0.4) is 0 Å². The lowest BCUT2D eigenvalue weighted by Gasteiger charge is -2.10. The van der Waals surface area contributed by atoms with E-state index in [1.165, 1.54) is 7.11 Å². The lowest BCUT2D eigenvalue weighted by Crippen LogP contribution is -2.08. The van der Waals surface area contributed by atoms with Gasteiger partial charge in [0, 0.05) is 22.1 Å². The molecule has 0 unspecified atom stereocenters. The van der Waals surface area contributed by atoms with Crippen molar-refractivity contribution in [1.29, 1.82) is 0 Å². The number of rotatable bonds is 8. The topological polar surface area (TPSA) is 142 Å². The smallest absolute Gasteiger partial charge is 0.302 e. The maximum atomic E-state index is 12.9. The average Bonchev–Trinajstić information content (AvgIpc) is 3.58. The van der Waals surface area contributed by atoms with Crippen molar-refractivity contribution >= 4 is 39.3 Å². The molecular weight excluding hydrogens is 522 g/mol. The molecule has 0 aliphatic carbocycles. The number of benzene rings is 4. The number of carbonyl (C=O) groups is 2. The minimum atomic E-state index is -0.640. The summed E-state index contributed by atoms with van der Waals surface area (Å²) in [5.74, 6) is 0.421. The summed E-state index contributed by atoms with van der Waals surface area (Å²) < 4.78 is 11.1. The standard InChI is InChI=1S/C31H23N5O5/c1-40-26-16-20(30-32-23-13-11-19(15-24(23)33-30)29(38)18-7-3-2-4-8-18)12-14-25(26)41-17-27(37)35-36-28-21-9-5-6-10-22(21)34-31(28)39/h2-16,34,39H,17H2,1H3,(H,32,33). The number of amides is 1. The van der Waals surface area contributed by atoms with E-state index < -0.39 is 5.91 Å². The maximum absolute atomic E-state index is 12.9. The molecule has 0 bridgehead atoms. The first-order valence-electron chi connectivity index (χ1n) is 12.6. The fraction of sp³-hybridized carbons (Fsp3) is 0.0645. The molecule has 0 aliphatic rings. The van der Waals surface area contributed by atoms with Crippen LogP contribution in [-0.2, 0) is 4.79 Å². The Morgan fingerprint density at radius 2 is 1.66 bits per heavy atom. The quantitative estimate of drug-likeness (QED) is 0.150. The number of hydrogen-bond donors (Lipinski definition) is 3. The number of azo groups is 1. The molecule has 6 rings (SSSR count). The number of hydrogen-bond acceptors (Lipinski definition) is 7. The zero-order valence-electron chi connectivity index (χ0n) is 21.8. The molecule has 202 valence electrons. The summed E-state index contributed by atoms with van der Waals surface area (Å²) in [5, 5.41) is 18.3. The van der Waals surface area contributed by atoms with E-state index in [4.69, 9.17) is 9.47 Å². The Morgan fingerprint density at radius 1 is 0.854 bits per heavy atom. The summed E-state index contributed by atoms with van der Waals surface area (Å²) in [6.45, 7) is -0.384. The van der Waals surface area contributed by atoms with E-state index in [0.717, 1.165) is 11.1 Å². The molecule has 0 radical (unpaired) electrons. The van der Waals surface area contributed by atoms with Crippen LogP contribution in [0.15, 0.2) is 101 Å². The predicted octanol–water partition coefficient (Wildman–Crippen LogP) is 6.35. The van der Waals surface area contributed by atoms with Crippen LogP contribution in [0.25, 0.3) is 33.3 Å². The number of ketones is 1. The maximum Gasteiger partial charge on any atom is 0.302 e. The fourth-order valence-corrected chi connectivity index (χ4v) is 4.47. The second-order valence-corrected chi connectivity index (χ2v) is 9.13. The van der Waals surface area contributed by atoms with Crippen molar-refractivity contribution in [2.45, 2.75) is 0 Å². The lowest BCUT2D eigenvalue weighted by molar-refractivity contribution is -0.120. The Kier molecular flexibility index (Phi) is 6.70. The largest absolute Gasteiger partial charge is 0.493 e. The first kappa shape index (κ1) is 25.5. The molecule has 0 atom stereocenters. The van der Waals surface area contributed by atoms with Crippen LogP contribution in [0, 0.1) is 0 Å². The number of para-hydroxylation sites is 1. The number of nitrogens with one attached hydrogen (secondary N) is 2. The van der Waals surface area contributed by atoms with Crippen molar-refractivity contribution in [3.63, 3.8) is 0 Å². The molecule has 4 aromatic carbocycles. The highest BCUT2D eigenvalue weighted by Gasteiger charge is 2.15. The number of ether oxygens (including phenoxy) is 2. The van der Waals surface area contributed by atoms with Crippen LogP contribution in [-0.4, -0.2) is 45.5 Å². The van der Waals surface area contributed by atoms with E-state index in [-0.39, 0.29) is 24.0 Å². The highest BCUT2D eigenvalue weighted by Crippen LogP contribution is 2.35. The highest BCUT2D eigenvalue weighted by molar-refractivity contribution is 6.10. The van der Waals surface area contributed by atoms with E-state index in [1.807, 2.05) is 24.3 Å². The number of nitrogens with zero attached hydrogens (tertiary/aromatic N) is 3. The summed E-state index contributed by atoms with van der Waals surface area (Å²) in [7, 11) is 1.49. The van der Waals surface area contributed by atoms with Gasteiger partial charge in [0.05, 0.1) is 23.7 Å². The molecule has 0 saturated carbocycles. The molecule has 6 aromatic rings. The fourth-order valence-electron chi connectivity index (χ4n) is 4.47. The van der Waals surface area contributed by atoms with Gasteiger partial charge in [-0.2, -0.15) is 0 Å². The van der Waals surface area contributed by atoms with Crippen LogP contribution in [0.2, 0.25) is 0 Å². The van der Waals surface area contributed by atoms with Crippen LogP contribution in [0.4, 0.5) is 5.69 Å². The van der Waals surface area contributed by atoms with Crippen molar-refractivity contribution in [3.8, 4) is 28.8 Å². The van der Waals surface area contributed by atoms with Crippen molar-refractivity contribution < 1.29 is 24.2 Å². The van der Waals surface area contributed by atoms with E-state index in [1.54, 1.807) is 66.7 Å². The highest BCUT2D eigenvalue weighted by atomic mass is 16.5. The molecule has 0 aliphatic heterocycles. The molecule has 2 heterocycles. The van der Waals surface area contributed by atoms with Crippen molar-refractivity contribution in [3.05, 3.63) is 102 Å². The zero-order valence-corrected chi connectivity index (χ0v) is 21.8. The number of methoxy groups -OCH3 is 1. The Balaban J connectivity index is 1.17. The predicted molar refractivity (Wildman–Crippen MR) is 153 cm³/mol. The number of H-pyrrole nitrogens is 2. The Morgan fingerprint density at radius 3 is 2.49 bits per heavy atom. The molecule has 3 N–H and O–H groups in total. The molecule has 0 fully saturated rings. The van der Waals surface area contributed by atoms with Gasteiger partial charge in [-0.25, -0.2) is 4.98 Å². The number of aromatic nitrogens is 3. The molecular formula is C31H23N5O5. The van der Waals surface area contributed by atoms with Crippen LogP contribution in [0.5, 0.6) is 17.4 Å². The second kappa shape index (κ2) is 10.8. The van der Waals surface area contributed by atoms with E-state index in [9.17, 15) is 14.7 Å². The molecule has 0 spiro atoms.